The Hall–Kier alpha value is -2.75. The molecular formula is C23H27IN4O3. The van der Waals surface area contributed by atoms with Crippen molar-refractivity contribution in [2.45, 2.75) is 26.4 Å². The van der Waals surface area contributed by atoms with Crippen molar-refractivity contribution in [3.8, 4) is 23.0 Å². The lowest BCUT2D eigenvalue weighted by atomic mass is 10.2. The largest absolute Gasteiger partial charge is 0.490 e. The predicted molar refractivity (Wildman–Crippen MR) is 131 cm³/mol. The summed E-state index contributed by atoms with van der Waals surface area (Å²) in [4.78, 5) is 9.22. The molecule has 7 nitrogen and oxygen atoms in total. The number of benzene rings is 2. The first kappa shape index (κ1) is 22.9. The van der Waals surface area contributed by atoms with Gasteiger partial charge in [-0.3, -0.25) is 0 Å². The number of ether oxygens (including phenoxy) is 2. The minimum absolute atomic E-state index is 0. The number of aliphatic imine (C=N–C) groups is 1. The summed E-state index contributed by atoms with van der Waals surface area (Å²) in [7, 11) is 0. The fraction of sp³-hybridized carbons (Fsp3) is 0.304. The lowest BCUT2D eigenvalue weighted by Crippen LogP contribution is -2.36. The summed E-state index contributed by atoms with van der Waals surface area (Å²) in [6.07, 6.45) is 2.56. The number of hydrogen-bond donors (Lipinski definition) is 2. The zero-order chi connectivity index (χ0) is 20.6. The molecule has 1 aromatic heterocycles. The standard InChI is InChI=1S/C23H26N4O3.HI/c1-2-24-23(25-14-17-9-10-20-21(13-17)29-12-6-11-28-20)26-15-19-16-30-22(27-19)18-7-4-3-5-8-18;/h3-5,7-10,13,16H,2,6,11-12,14-15H2,1H3,(H2,24,25,26);1H. The Balaban J connectivity index is 0.00000272. The second kappa shape index (κ2) is 11.6. The highest BCUT2D eigenvalue weighted by Crippen LogP contribution is 2.30. The summed E-state index contributed by atoms with van der Waals surface area (Å²) in [5.41, 5.74) is 2.83. The molecule has 0 radical (unpaired) electrons. The summed E-state index contributed by atoms with van der Waals surface area (Å²) in [6, 6.07) is 15.8. The molecule has 0 aliphatic carbocycles. The molecule has 0 saturated heterocycles. The monoisotopic (exact) mass is 534 g/mol. The van der Waals surface area contributed by atoms with Crippen LogP contribution in [-0.2, 0) is 13.1 Å². The van der Waals surface area contributed by atoms with Crippen molar-refractivity contribution < 1.29 is 13.9 Å². The van der Waals surface area contributed by atoms with Crippen LogP contribution in [-0.4, -0.2) is 30.7 Å². The average Bonchev–Trinajstić information content (AvgIpc) is 3.14. The SMILES string of the molecule is CCNC(=NCc1ccc2c(c1)OCCCO2)NCc1coc(-c2ccccc2)n1.I. The van der Waals surface area contributed by atoms with E-state index in [1.165, 1.54) is 0 Å². The van der Waals surface area contributed by atoms with Crippen LogP contribution in [0.5, 0.6) is 11.5 Å². The van der Waals surface area contributed by atoms with Gasteiger partial charge < -0.3 is 24.5 Å². The summed E-state index contributed by atoms with van der Waals surface area (Å²) < 4.78 is 17.1. The third-order valence-electron chi connectivity index (χ3n) is 4.59. The average molecular weight is 534 g/mol. The molecule has 0 bridgehead atoms. The maximum atomic E-state index is 5.76. The number of nitrogens with one attached hydrogen (secondary N) is 2. The van der Waals surface area contributed by atoms with Crippen molar-refractivity contribution in [2.75, 3.05) is 19.8 Å². The molecule has 8 heteroatoms. The molecule has 0 spiro atoms. The molecule has 2 aromatic carbocycles. The fourth-order valence-corrected chi connectivity index (χ4v) is 3.09. The zero-order valence-corrected chi connectivity index (χ0v) is 19.8. The van der Waals surface area contributed by atoms with Gasteiger partial charge in [0.25, 0.3) is 0 Å². The molecule has 0 amide bonds. The molecule has 4 rings (SSSR count). The predicted octanol–water partition coefficient (Wildman–Crippen LogP) is 4.38. The van der Waals surface area contributed by atoms with E-state index in [2.05, 4.69) is 20.6 Å². The molecule has 1 aliphatic heterocycles. The van der Waals surface area contributed by atoms with E-state index in [0.29, 0.717) is 38.2 Å². The number of nitrogens with zero attached hydrogens (tertiary/aromatic N) is 2. The summed E-state index contributed by atoms with van der Waals surface area (Å²) in [6.45, 7) is 5.21. The Morgan fingerprint density at radius 2 is 1.84 bits per heavy atom. The smallest absolute Gasteiger partial charge is 0.226 e. The van der Waals surface area contributed by atoms with Gasteiger partial charge in [0.15, 0.2) is 17.5 Å². The van der Waals surface area contributed by atoms with Crippen molar-refractivity contribution in [2.24, 2.45) is 4.99 Å². The van der Waals surface area contributed by atoms with Crippen molar-refractivity contribution in [1.82, 2.24) is 15.6 Å². The first-order chi connectivity index (χ1) is 14.8. The van der Waals surface area contributed by atoms with Crippen LogP contribution in [0.2, 0.25) is 0 Å². The van der Waals surface area contributed by atoms with E-state index in [1.54, 1.807) is 6.26 Å². The Morgan fingerprint density at radius 1 is 1.03 bits per heavy atom. The van der Waals surface area contributed by atoms with Crippen LogP contribution in [0.25, 0.3) is 11.5 Å². The number of oxazole rings is 1. The highest BCUT2D eigenvalue weighted by molar-refractivity contribution is 14.0. The van der Waals surface area contributed by atoms with Crippen LogP contribution in [0.3, 0.4) is 0 Å². The van der Waals surface area contributed by atoms with Crippen LogP contribution in [0.1, 0.15) is 24.6 Å². The molecular weight excluding hydrogens is 507 g/mol. The maximum Gasteiger partial charge on any atom is 0.226 e. The van der Waals surface area contributed by atoms with E-state index < -0.39 is 0 Å². The van der Waals surface area contributed by atoms with Crippen molar-refractivity contribution in [3.63, 3.8) is 0 Å². The van der Waals surface area contributed by atoms with Gasteiger partial charge in [-0.15, -0.1) is 24.0 Å². The minimum Gasteiger partial charge on any atom is -0.490 e. The molecule has 3 aromatic rings. The Morgan fingerprint density at radius 3 is 2.65 bits per heavy atom. The highest BCUT2D eigenvalue weighted by Gasteiger charge is 2.11. The van der Waals surface area contributed by atoms with E-state index in [9.17, 15) is 0 Å². The molecule has 164 valence electrons. The number of aromatic nitrogens is 1. The number of guanidine groups is 1. The van der Waals surface area contributed by atoms with Gasteiger partial charge in [0, 0.05) is 18.5 Å². The molecule has 2 heterocycles. The Kier molecular flexibility index (Phi) is 8.57. The number of fused-ring (bicyclic) bond motifs is 1. The minimum atomic E-state index is 0. The molecule has 31 heavy (non-hydrogen) atoms. The highest BCUT2D eigenvalue weighted by atomic mass is 127. The van der Waals surface area contributed by atoms with Gasteiger partial charge in [-0.25, -0.2) is 9.98 Å². The van der Waals surface area contributed by atoms with E-state index in [4.69, 9.17) is 13.9 Å². The van der Waals surface area contributed by atoms with Crippen molar-refractivity contribution >= 4 is 29.9 Å². The first-order valence-electron chi connectivity index (χ1n) is 10.2. The van der Waals surface area contributed by atoms with Gasteiger partial charge >= 0.3 is 0 Å². The Bertz CT molecular complexity index is 991. The van der Waals surface area contributed by atoms with E-state index in [-0.39, 0.29) is 24.0 Å². The molecule has 1 aliphatic rings. The van der Waals surface area contributed by atoms with Gasteiger partial charge in [0.2, 0.25) is 5.89 Å². The van der Waals surface area contributed by atoms with Crippen LogP contribution in [0.4, 0.5) is 0 Å². The number of halogens is 1. The number of hydrogen-bond acceptors (Lipinski definition) is 5. The second-order valence-corrected chi connectivity index (χ2v) is 6.89. The third-order valence-corrected chi connectivity index (χ3v) is 4.59. The lowest BCUT2D eigenvalue weighted by Gasteiger charge is -2.11. The molecule has 0 fully saturated rings. The van der Waals surface area contributed by atoms with Gasteiger partial charge in [0.1, 0.15) is 6.26 Å². The van der Waals surface area contributed by atoms with Crippen LogP contribution < -0.4 is 20.1 Å². The van der Waals surface area contributed by atoms with Gasteiger partial charge in [-0.05, 0) is 36.8 Å². The van der Waals surface area contributed by atoms with Crippen LogP contribution in [0.15, 0.2) is 64.2 Å². The summed E-state index contributed by atoms with van der Waals surface area (Å²) in [5.74, 6) is 2.91. The van der Waals surface area contributed by atoms with Crippen molar-refractivity contribution in [3.05, 3.63) is 66.1 Å². The molecule has 0 unspecified atom stereocenters. The molecule has 0 saturated carbocycles. The fourth-order valence-electron chi connectivity index (χ4n) is 3.09. The van der Waals surface area contributed by atoms with Gasteiger partial charge in [0.05, 0.1) is 32.0 Å². The number of rotatable bonds is 6. The first-order valence-corrected chi connectivity index (χ1v) is 10.2. The lowest BCUT2D eigenvalue weighted by molar-refractivity contribution is 0.297. The van der Waals surface area contributed by atoms with Gasteiger partial charge in [-0.1, -0.05) is 24.3 Å². The van der Waals surface area contributed by atoms with E-state index in [1.807, 2.05) is 55.5 Å². The van der Waals surface area contributed by atoms with Crippen LogP contribution >= 0.6 is 24.0 Å². The van der Waals surface area contributed by atoms with Crippen molar-refractivity contribution in [1.29, 1.82) is 0 Å². The summed E-state index contributed by atoms with van der Waals surface area (Å²) in [5, 5.41) is 6.56. The van der Waals surface area contributed by atoms with E-state index >= 15 is 0 Å². The Labute approximate surface area is 199 Å². The molecule has 2 N–H and O–H groups in total. The topological polar surface area (TPSA) is 80.9 Å². The van der Waals surface area contributed by atoms with E-state index in [0.717, 1.165) is 41.3 Å². The van der Waals surface area contributed by atoms with Crippen LogP contribution in [0, 0.1) is 0 Å². The molecule has 0 atom stereocenters. The maximum absolute atomic E-state index is 5.76. The quantitative estimate of drug-likeness (QED) is 0.278. The second-order valence-electron chi connectivity index (χ2n) is 6.89. The zero-order valence-electron chi connectivity index (χ0n) is 17.5. The van der Waals surface area contributed by atoms with Gasteiger partial charge in [-0.2, -0.15) is 0 Å². The summed E-state index contributed by atoms with van der Waals surface area (Å²) >= 11 is 0. The third kappa shape index (κ3) is 6.36. The normalized spacial score (nSPS) is 13.1.